The lowest BCUT2D eigenvalue weighted by Crippen LogP contribution is -2.14. The lowest BCUT2D eigenvalue weighted by molar-refractivity contribution is -0.136. The van der Waals surface area contributed by atoms with Gasteiger partial charge in [0.05, 0.1) is 36.9 Å². The molecule has 0 atom stereocenters. The predicted molar refractivity (Wildman–Crippen MR) is 122 cm³/mol. The van der Waals surface area contributed by atoms with Crippen LogP contribution >= 0.6 is 11.7 Å². The van der Waals surface area contributed by atoms with Gasteiger partial charge in [-0.2, -0.15) is 8.75 Å². The normalized spacial score (nSPS) is 11.1. The van der Waals surface area contributed by atoms with Crippen LogP contribution in [0.1, 0.15) is 46.1 Å². The Balaban J connectivity index is 1.75. The van der Waals surface area contributed by atoms with Crippen molar-refractivity contribution < 1.29 is 24.5 Å². The summed E-state index contributed by atoms with van der Waals surface area (Å²) < 4.78 is 15.7. The fourth-order valence-electron chi connectivity index (χ4n) is 3.66. The van der Waals surface area contributed by atoms with Crippen LogP contribution in [0, 0.1) is 0 Å². The van der Waals surface area contributed by atoms with Crippen LogP contribution in [0.15, 0.2) is 42.5 Å². The molecule has 0 aliphatic heterocycles. The molecule has 0 amide bonds. The van der Waals surface area contributed by atoms with Crippen molar-refractivity contribution in [2.75, 3.05) is 6.61 Å². The monoisotopic (exact) mass is 466 g/mol. The Bertz CT molecular complexity index is 1310. The molecule has 4 aromatic rings. The second-order valence-electron chi connectivity index (χ2n) is 7.55. The molecule has 0 spiro atoms. The molecule has 0 bridgehead atoms. The number of hydrogen-bond donors (Lipinski definition) is 2. The third-order valence-corrected chi connectivity index (χ3v) is 5.70. The standard InChI is InChI=1S/C23H22N4O5S/c1-2-9-32-22-17(10-14-7-8-18-19(11-14)26-33-25-18)21(23(30)31)27(24-22)13-16-6-4-3-5-15(16)12-20(28)29/h3-8,11H,2,9-10,12-13H2,1H3,(H,28,29)(H,30,31). The highest BCUT2D eigenvalue weighted by molar-refractivity contribution is 7.00. The highest BCUT2D eigenvalue weighted by atomic mass is 32.1. The molecule has 0 aliphatic rings. The number of fused-ring (bicyclic) bond motifs is 1. The van der Waals surface area contributed by atoms with Gasteiger partial charge in [0, 0.05) is 6.42 Å². The van der Waals surface area contributed by atoms with E-state index in [-0.39, 0.29) is 24.5 Å². The number of aliphatic carboxylic acids is 1. The number of ether oxygens (including phenoxy) is 1. The Morgan fingerprint density at radius 3 is 2.55 bits per heavy atom. The maximum Gasteiger partial charge on any atom is 0.354 e. The van der Waals surface area contributed by atoms with Gasteiger partial charge in [0.1, 0.15) is 11.0 Å². The van der Waals surface area contributed by atoms with Crippen LogP contribution in [-0.4, -0.2) is 47.3 Å². The average molecular weight is 467 g/mol. The second kappa shape index (κ2) is 9.78. The van der Waals surface area contributed by atoms with Gasteiger partial charge in [0.2, 0.25) is 5.88 Å². The van der Waals surface area contributed by atoms with Crippen LogP contribution in [0.5, 0.6) is 5.88 Å². The molecule has 0 radical (unpaired) electrons. The summed E-state index contributed by atoms with van der Waals surface area (Å²) in [6.45, 7) is 2.47. The van der Waals surface area contributed by atoms with E-state index in [0.717, 1.165) is 34.7 Å². The Kier molecular flexibility index (Phi) is 6.64. The first-order chi connectivity index (χ1) is 16.0. The molecule has 2 heterocycles. The summed E-state index contributed by atoms with van der Waals surface area (Å²) in [7, 11) is 0. The molecular formula is C23H22N4O5S. The molecule has 0 unspecified atom stereocenters. The van der Waals surface area contributed by atoms with Crippen molar-refractivity contribution in [1.29, 1.82) is 0 Å². The van der Waals surface area contributed by atoms with Crippen LogP contribution in [0.2, 0.25) is 0 Å². The van der Waals surface area contributed by atoms with Crippen molar-refractivity contribution in [2.24, 2.45) is 0 Å². The smallest absolute Gasteiger partial charge is 0.354 e. The highest BCUT2D eigenvalue weighted by Gasteiger charge is 2.25. The van der Waals surface area contributed by atoms with Crippen molar-refractivity contribution in [3.05, 3.63) is 70.4 Å². The number of benzene rings is 2. The average Bonchev–Trinajstić information content (AvgIpc) is 3.37. The van der Waals surface area contributed by atoms with Crippen LogP contribution in [0.25, 0.3) is 11.0 Å². The summed E-state index contributed by atoms with van der Waals surface area (Å²) in [4.78, 5) is 23.6. The molecular weight excluding hydrogens is 444 g/mol. The maximum atomic E-state index is 12.3. The molecule has 9 nitrogen and oxygen atoms in total. The number of carboxylic acids is 2. The summed E-state index contributed by atoms with van der Waals surface area (Å²) in [5.74, 6) is -1.82. The van der Waals surface area contributed by atoms with Gasteiger partial charge in [-0.15, -0.1) is 5.10 Å². The molecule has 2 aromatic heterocycles. The van der Waals surface area contributed by atoms with E-state index in [1.807, 2.05) is 25.1 Å². The highest BCUT2D eigenvalue weighted by Crippen LogP contribution is 2.28. The molecule has 10 heteroatoms. The van der Waals surface area contributed by atoms with Crippen LogP contribution < -0.4 is 4.74 Å². The summed E-state index contributed by atoms with van der Waals surface area (Å²) in [5.41, 5.74) is 4.18. The molecule has 4 rings (SSSR count). The molecule has 170 valence electrons. The summed E-state index contributed by atoms with van der Waals surface area (Å²) in [6, 6.07) is 12.7. The number of aromatic carboxylic acids is 1. The molecule has 0 aliphatic carbocycles. The summed E-state index contributed by atoms with van der Waals surface area (Å²) in [6.07, 6.45) is 0.880. The first-order valence-electron chi connectivity index (χ1n) is 10.4. The largest absolute Gasteiger partial charge is 0.481 e. The molecule has 0 saturated carbocycles. The Morgan fingerprint density at radius 2 is 1.82 bits per heavy atom. The summed E-state index contributed by atoms with van der Waals surface area (Å²) in [5, 5.41) is 23.8. The third-order valence-electron chi connectivity index (χ3n) is 5.14. The van der Waals surface area contributed by atoms with Crippen LogP contribution in [0.3, 0.4) is 0 Å². The van der Waals surface area contributed by atoms with Crippen molar-refractivity contribution in [3.8, 4) is 5.88 Å². The minimum atomic E-state index is -1.13. The Labute approximate surface area is 193 Å². The van der Waals surface area contributed by atoms with Crippen molar-refractivity contribution in [3.63, 3.8) is 0 Å². The number of carboxylic acid groups (broad SMARTS) is 2. The van der Waals surface area contributed by atoms with Gasteiger partial charge in [-0.05, 0) is 35.2 Å². The Hall–Kier alpha value is -3.79. The zero-order chi connectivity index (χ0) is 23.4. The van der Waals surface area contributed by atoms with E-state index in [1.165, 1.54) is 4.68 Å². The first-order valence-corrected chi connectivity index (χ1v) is 11.1. The van der Waals surface area contributed by atoms with Crippen molar-refractivity contribution >= 4 is 34.7 Å². The number of hydrogen-bond acceptors (Lipinski definition) is 7. The lowest BCUT2D eigenvalue weighted by atomic mass is 10.0. The minimum absolute atomic E-state index is 0.0164. The van der Waals surface area contributed by atoms with Crippen LogP contribution in [-0.2, 0) is 24.2 Å². The fourth-order valence-corrected chi connectivity index (χ4v) is 4.17. The van der Waals surface area contributed by atoms with Gasteiger partial charge in [-0.1, -0.05) is 37.3 Å². The minimum Gasteiger partial charge on any atom is -0.481 e. The predicted octanol–water partition coefficient (Wildman–Crippen LogP) is 3.64. The maximum absolute atomic E-state index is 12.3. The molecule has 0 fully saturated rings. The van der Waals surface area contributed by atoms with Gasteiger partial charge in [-0.3, -0.25) is 4.79 Å². The van der Waals surface area contributed by atoms with Gasteiger partial charge in [-0.25, -0.2) is 9.48 Å². The molecule has 33 heavy (non-hydrogen) atoms. The number of nitrogens with zero attached hydrogens (tertiary/aromatic N) is 4. The van der Waals surface area contributed by atoms with Crippen LogP contribution in [0.4, 0.5) is 0 Å². The quantitative estimate of drug-likeness (QED) is 0.363. The van der Waals surface area contributed by atoms with E-state index >= 15 is 0 Å². The zero-order valence-electron chi connectivity index (χ0n) is 17.9. The zero-order valence-corrected chi connectivity index (χ0v) is 18.7. The topological polar surface area (TPSA) is 127 Å². The first kappa shape index (κ1) is 22.4. The van der Waals surface area contributed by atoms with E-state index < -0.39 is 11.9 Å². The van der Waals surface area contributed by atoms with Crippen molar-refractivity contribution in [2.45, 2.75) is 32.7 Å². The van der Waals surface area contributed by atoms with Gasteiger partial charge in [0.25, 0.3) is 0 Å². The second-order valence-corrected chi connectivity index (χ2v) is 8.08. The SMILES string of the molecule is CCCOc1nn(Cc2ccccc2CC(=O)O)c(C(=O)O)c1Cc1ccc2nsnc2c1. The number of carbonyl (C=O) groups is 2. The fraction of sp³-hybridized carbons (Fsp3) is 0.261. The number of rotatable bonds is 10. The van der Waals surface area contributed by atoms with E-state index in [0.29, 0.717) is 29.7 Å². The van der Waals surface area contributed by atoms with Gasteiger partial charge in [0.15, 0.2) is 5.69 Å². The molecule has 2 aromatic carbocycles. The van der Waals surface area contributed by atoms with E-state index in [2.05, 4.69) is 13.8 Å². The third kappa shape index (κ3) is 5.01. The molecule has 0 saturated heterocycles. The van der Waals surface area contributed by atoms with Gasteiger partial charge >= 0.3 is 11.9 Å². The number of aromatic nitrogens is 4. The van der Waals surface area contributed by atoms with E-state index in [4.69, 9.17) is 4.74 Å². The summed E-state index contributed by atoms with van der Waals surface area (Å²) >= 11 is 1.12. The van der Waals surface area contributed by atoms with Crippen molar-refractivity contribution in [1.82, 2.24) is 18.5 Å². The van der Waals surface area contributed by atoms with E-state index in [9.17, 15) is 19.8 Å². The molecule has 2 N–H and O–H groups in total. The van der Waals surface area contributed by atoms with E-state index in [1.54, 1.807) is 24.3 Å². The van der Waals surface area contributed by atoms with Gasteiger partial charge < -0.3 is 14.9 Å². The Morgan fingerprint density at radius 1 is 1.06 bits per heavy atom. The lowest BCUT2D eigenvalue weighted by Gasteiger charge is -2.10.